The molecule has 2 heterocycles. The number of nitrogens with zero attached hydrogens (tertiary/aromatic N) is 3. The molecule has 5 nitrogen and oxygen atoms in total. The number of pyridine rings is 1. The Morgan fingerprint density at radius 2 is 2.04 bits per heavy atom. The summed E-state index contributed by atoms with van der Waals surface area (Å²) in [4.78, 5) is 12.1. The number of nitrogens with one attached hydrogen (secondary N) is 1. The van der Waals surface area contributed by atoms with Crippen molar-refractivity contribution in [2.45, 2.75) is 18.3 Å². The molecule has 0 bridgehead atoms. The van der Waals surface area contributed by atoms with Crippen LogP contribution < -0.4 is 5.32 Å². The van der Waals surface area contributed by atoms with Gasteiger partial charge in [0.25, 0.3) is 0 Å². The Labute approximate surface area is 155 Å². The zero-order valence-electron chi connectivity index (χ0n) is 13.3. The Morgan fingerprint density at radius 1 is 1.27 bits per heavy atom. The van der Waals surface area contributed by atoms with E-state index < -0.39 is 11.7 Å². The van der Waals surface area contributed by atoms with E-state index in [9.17, 15) is 18.0 Å². The lowest BCUT2D eigenvalue weighted by atomic mass is 10.2. The first-order valence-electron chi connectivity index (χ1n) is 7.35. The Kier molecular flexibility index (Phi) is 5.10. The predicted octanol–water partition coefficient (Wildman–Crippen LogP) is 4.44. The number of benzene rings is 1. The van der Waals surface area contributed by atoms with E-state index in [-0.39, 0.29) is 22.5 Å². The predicted molar refractivity (Wildman–Crippen MR) is 93.5 cm³/mol. The second-order valence-corrected chi connectivity index (χ2v) is 6.73. The van der Waals surface area contributed by atoms with E-state index in [1.54, 1.807) is 25.1 Å². The van der Waals surface area contributed by atoms with Crippen molar-refractivity contribution in [3.8, 4) is 0 Å². The van der Waals surface area contributed by atoms with Crippen molar-refractivity contribution in [1.29, 1.82) is 0 Å². The lowest BCUT2D eigenvalue weighted by Gasteiger charge is -2.09. The van der Waals surface area contributed by atoms with E-state index in [4.69, 9.17) is 11.6 Å². The van der Waals surface area contributed by atoms with Gasteiger partial charge in [0.1, 0.15) is 0 Å². The highest BCUT2D eigenvalue weighted by Gasteiger charge is 2.31. The number of thioether (sulfide) groups is 1. The Bertz CT molecular complexity index is 974. The molecule has 0 fully saturated rings. The molecule has 0 atom stereocenters. The average molecular weight is 401 g/mol. The summed E-state index contributed by atoms with van der Waals surface area (Å²) in [5, 5.41) is 11.1. The molecule has 0 spiro atoms. The summed E-state index contributed by atoms with van der Waals surface area (Å²) in [6, 6.07) is 7.30. The molecule has 2 aromatic heterocycles. The van der Waals surface area contributed by atoms with Crippen LogP contribution in [0.4, 0.5) is 18.9 Å². The lowest BCUT2D eigenvalue weighted by molar-refractivity contribution is -0.137. The minimum atomic E-state index is -4.47. The monoisotopic (exact) mass is 400 g/mol. The summed E-state index contributed by atoms with van der Waals surface area (Å²) in [7, 11) is 0. The van der Waals surface area contributed by atoms with Crippen LogP contribution in [0.5, 0.6) is 0 Å². The molecule has 0 aliphatic rings. The summed E-state index contributed by atoms with van der Waals surface area (Å²) >= 11 is 6.99. The average Bonchev–Trinajstić information content (AvgIpc) is 2.99. The highest BCUT2D eigenvalue weighted by molar-refractivity contribution is 7.99. The van der Waals surface area contributed by atoms with E-state index in [0.29, 0.717) is 10.7 Å². The SMILES string of the molecule is Cc1c(Cl)cccc1NC(=O)CSc1nnc2ccc(C(F)(F)F)cn12. The van der Waals surface area contributed by atoms with Gasteiger partial charge in [0.2, 0.25) is 5.91 Å². The maximum Gasteiger partial charge on any atom is 0.417 e. The molecule has 3 aromatic rings. The molecule has 0 aliphatic heterocycles. The summed E-state index contributed by atoms with van der Waals surface area (Å²) < 4.78 is 39.7. The first kappa shape index (κ1) is 18.5. The van der Waals surface area contributed by atoms with Crippen LogP contribution in [0.1, 0.15) is 11.1 Å². The molecule has 0 radical (unpaired) electrons. The van der Waals surface area contributed by atoms with Gasteiger partial charge in [-0.2, -0.15) is 13.2 Å². The lowest BCUT2D eigenvalue weighted by Crippen LogP contribution is -2.15. The van der Waals surface area contributed by atoms with Crippen molar-refractivity contribution in [2.24, 2.45) is 0 Å². The van der Waals surface area contributed by atoms with Gasteiger partial charge >= 0.3 is 6.18 Å². The third-order valence-electron chi connectivity index (χ3n) is 3.57. The van der Waals surface area contributed by atoms with Gasteiger partial charge in [0, 0.05) is 16.9 Å². The smallest absolute Gasteiger partial charge is 0.325 e. The second kappa shape index (κ2) is 7.16. The standard InChI is InChI=1S/C16H12ClF3N4OS/c1-9-11(17)3-2-4-12(9)21-14(25)8-26-15-23-22-13-6-5-10(7-24(13)15)16(18,19)20/h2-7H,8H2,1H3,(H,21,25). The molecule has 26 heavy (non-hydrogen) atoms. The topological polar surface area (TPSA) is 59.3 Å². The number of amides is 1. The number of hydrogen-bond acceptors (Lipinski definition) is 4. The summed E-state index contributed by atoms with van der Waals surface area (Å²) in [5.74, 6) is -0.368. The summed E-state index contributed by atoms with van der Waals surface area (Å²) in [5.41, 5.74) is 0.765. The molecule has 0 unspecified atom stereocenters. The molecule has 0 aliphatic carbocycles. The fourth-order valence-electron chi connectivity index (χ4n) is 2.20. The zero-order chi connectivity index (χ0) is 18.9. The Balaban J connectivity index is 1.73. The number of carbonyl (C=O) groups is 1. The molecule has 1 aromatic carbocycles. The van der Waals surface area contributed by atoms with Gasteiger partial charge in [-0.15, -0.1) is 10.2 Å². The first-order valence-corrected chi connectivity index (χ1v) is 8.72. The molecule has 136 valence electrons. The fourth-order valence-corrected chi connectivity index (χ4v) is 3.09. The van der Waals surface area contributed by atoms with E-state index in [0.717, 1.165) is 29.6 Å². The Morgan fingerprint density at radius 3 is 2.77 bits per heavy atom. The largest absolute Gasteiger partial charge is 0.417 e. The first-order chi connectivity index (χ1) is 12.3. The number of carbonyl (C=O) groups excluding carboxylic acids is 1. The number of fused-ring (bicyclic) bond motifs is 1. The second-order valence-electron chi connectivity index (χ2n) is 5.38. The van der Waals surface area contributed by atoms with Gasteiger partial charge in [0.05, 0.1) is 11.3 Å². The Hall–Kier alpha value is -2.26. The van der Waals surface area contributed by atoms with Gasteiger partial charge < -0.3 is 5.32 Å². The minimum Gasteiger partial charge on any atom is -0.325 e. The van der Waals surface area contributed by atoms with E-state index in [2.05, 4.69) is 15.5 Å². The molecule has 3 rings (SSSR count). The highest BCUT2D eigenvalue weighted by Crippen LogP contribution is 2.30. The number of aromatic nitrogens is 3. The van der Waals surface area contributed by atoms with Crippen LogP contribution in [0.2, 0.25) is 5.02 Å². The quantitative estimate of drug-likeness (QED) is 0.658. The van der Waals surface area contributed by atoms with Crippen molar-refractivity contribution in [2.75, 3.05) is 11.1 Å². The van der Waals surface area contributed by atoms with Gasteiger partial charge in [-0.1, -0.05) is 29.4 Å². The van der Waals surface area contributed by atoms with Crippen LogP contribution in [0.15, 0.2) is 41.7 Å². The molecule has 1 amide bonds. The molecule has 0 saturated carbocycles. The fraction of sp³-hybridized carbons (Fsp3) is 0.188. The normalized spacial score (nSPS) is 11.7. The number of rotatable bonds is 4. The maximum atomic E-state index is 12.8. The van der Waals surface area contributed by atoms with Crippen molar-refractivity contribution in [1.82, 2.24) is 14.6 Å². The van der Waals surface area contributed by atoms with E-state index in [1.807, 2.05) is 0 Å². The third-order valence-corrected chi connectivity index (χ3v) is 4.93. The number of halogens is 4. The van der Waals surface area contributed by atoms with Crippen molar-refractivity contribution in [3.05, 3.63) is 52.7 Å². The minimum absolute atomic E-state index is 0.0387. The van der Waals surface area contributed by atoms with Crippen LogP contribution >= 0.6 is 23.4 Å². The number of alkyl halides is 3. The van der Waals surface area contributed by atoms with Crippen LogP contribution in [-0.2, 0) is 11.0 Å². The van der Waals surface area contributed by atoms with Crippen LogP contribution in [0.3, 0.4) is 0 Å². The van der Waals surface area contributed by atoms with Crippen LogP contribution in [0.25, 0.3) is 5.65 Å². The van der Waals surface area contributed by atoms with Gasteiger partial charge in [-0.25, -0.2) is 0 Å². The van der Waals surface area contributed by atoms with Gasteiger partial charge in [-0.05, 0) is 36.8 Å². The molecular formula is C16H12ClF3N4OS. The molecule has 1 N–H and O–H groups in total. The molecule has 10 heteroatoms. The summed E-state index contributed by atoms with van der Waals surface area (Å²) in [6.07, 6.45) is -3.56. The van der Waals surface area contributed by atoms with E-state index in [1.165, 1.54) is 10.5 Å². The van der Waals surface area contributed by atoms with E-state index >= 15 is 0 Å². The van der Waals surface area contributed by atoms with Crippen molar-refractivity contribution < 1.29 is 18.0 Å². The maximum absolute atomic E-state index is 12.8. The zero-order valence-corrected chi connectivity index (χ0v) is 14.9. The molecule has 0 saturated heterocycles. The summed E-state index contributed by atoms with van der Waals surface area (Å²) in [6.45, 7) is 1.77. The van der Waals surface area contributed by atoms with Crippen LogP contribution in [0, 0.1) is 6.92 Å². The molecular weight excluding hydrogens is 389 g/mol. The number of hydrogen-bond donors (Lipinski definition) is 1. The highest BCUT2D eigenvalue weighted by atomic mass is 35.5. The van der Waals surface area contributed by atoms with Crippen LogP contribution in [-0.4, -0.2) is 26.3 Å². The van der Waals surface area contributed by atoms with Gasteiger partial charge in [0.15, 0.2) is 10.8 Å². The van der Waals surface area contributed by atoms with Crippen molar-refractivity contribution in [3.63, 3.8) is 0 Å². The number of anilines is 1. The third kappa shape index (κ3) is 3.94. The van der Waals surface area contributed by atoms with Crippen molar-refractivity contribution >= 4 is 40.6 Å². The van der Waals surface area contributed by atoms with Gasteiger partial charge in [-0.3, -0.25) is 9.20 Å².